The first-order chi connectivity index (χ1) is 10.6. The summed E-state index contributed by atoms with van der Waals surface area (Å²) < 4.78 is 25.1. The van der Waals surface area contributed by atoms with E-state index in [1.807, 2.05) is 12.1 Å². The second kappa shape index (κ2) is 6.10. The molecule has 1 aliphatic heterocycles. The highest BCUT2D eigenvalue weighted by molar-refractivity contribution is 7.88. The van der Waals surface area contributed by atoms with E-state index in [9.17, 15) is 8.42 Å². The Labute approximate surface area is 130 Å². The summed E-state index contributed by atoms with van der Waals surface area (Å²) in [5.41, 5.74) is 2.54. The van der Waals surface area contributed by atoms with Crippen molar-refractivity contribution in [1.29, 1.82) is 0 Å². The standard InChI is InChI=1S/C15H18N4O2S/c1-22(20,21)19-9-3-5-13(11-19)15-14(17-7-8-18-15)12-4-2-6-16-10-12/h2,4,6-8,10,13H,3,5,9,11H2,1H3. The van der Waals surface area contributed by atoms with Crippen LogP contribution in [0, 0.1) is 0 Å². The molecule has 0 N–H and O–H groups in total. The van der Waals surface area contributed by atoms with Gasteiger partial charge in [0.1, 0.15) is 0 Å². The van der Waals surface area contributed by atoms with Gasteiger partial charge in [-0.3, -0.25) is 15.0 Å². The van der Waals surface area contributed by atoms with E-state index < -0.39 is 10.0 Å². The van der Waals surface area contributed by atoms with Crippen LogP contribution in [0.5, 0.6) is 0 Å². The summed E-state index contributed by atoms with van der Waals surface area (Å²) in [4.78, 5) is 13.1. The van der Waals surface area contributed by atoms with E-state index in [-0.39, 0.29) is 5.92 Å². The van der Waals surface area contributed by atoms with E-state index >= 15 is 0 Å². The van der Waals surface area contributed by atoms with Crippen molar-refractivity contribution >= 4 is 10.0 Å². The fraction of sp³-hybridized carbons (Fsp3) is 0.400. The lowest BCUT2D eigenvalue weighted by Gasteiger charge is -2.31. The van der Waals surface area contributed by atoms with Crippen molar-refractivity contribution in [3.8, 4) is 11.3 Å². The lowest BCUT2D eigenvalue weighted by molar-refractivity contribution is 0.314. The summed E-state index contributed by atoms with van der Waals surface area (Å²) in [7, 11) is -3.17. The molecule has 6 nitrogen and oxygen atoms in total. The minimum absolute atomic E-state index is 0.0624. The number of hydrogen-bond acceptors (Lipinski definition) is 5. The van der Waals surface area contributed by atoms with E-state index in [0.29, 0.717) is 13.1 Å². The predicted molar refractivity (Wildman–Crippen MR) is 83.7 cm³/mol. The average molecular weight is 318 g/mol. The average Bonchev–Trinajstić information content (AvgIpc) is 2.55. The smallest absolute Gasteiger partial charge is 0.211 e. The normalized spacial score (nSPS) is 20.0. The van der Waals surface area contributed by atoms with Crippen molar-refractivity contribution in [2.24, 2.45) is 0 Å². The minimum atomic E-state index is -3.17. The van der Waals surface area contributed by atoms with E-state index in [1.54, 1.807) is 24.8 Å². The van der Waals surface area contributed by atoms with Crippen molar-refractivity contribution in [3.63, 3.8) is 0 Å². The number of nitrogens with zero attached hydrogens (tertiary/aromatic N) is 4. The third-order valence-corrected chi connectivity index (χ3v) is 5.17. The Morgan fingerprint density at radius 1 is 1.23 bits per heavy atom. The molecule has 0 amide bonds. The zero-order valence-corrected chi connectivity index (χ0v) is 13.2. The predicted octanol–water partition coefficient (Wildman–Crippen LogP) is 1.68. The Balaban J connectivity index is 1.95. The third kappa shape index (κ3) is 3.15. The largest absolute Gasteiger partial charge is 0.264 e. The van der Waals surface area contributed by atoms with Gasteiger partial charge in [0.15, 0.2) is 0 Å². The van der Waals surface area contributed by atoms with Crippen LogP contribution in [-0.2, 0) is 10.0 Å². The summed E-state index contributed by atoms with van der Waals surface area (Å²) in [5, 5.41) is 0. The summed E-state index contributed by atoms with van der Waals surface area (Å²) >= 11 is 0. The molecule has 1 unspecified atom stereocenters. The number of sulfonamides is 1. The first kappa shape index (κ1) is 15.1. The number of piperidine rings is 1. The van der Waals surface area contributed by atoms with Gasteiger partial charge >= 0.3 is 0 Å². The molecule has 0 aliphatic carbocycles. The monoisotopic (exact) mass is 318 g/mol. The summed E-state index contributed by atoms with van der Waals surface area (Å²) in [5.74, 6) is 0.0624. The lowest BCUT2D eigenvalue weighted by atomic mass is 9.93. The molecule has 3 rings (SSSR count). The van der Waals surface area contributed by atoms with Crippen molar-refractivity contribution in [2.75, 3.05) is 19.3 Å². The van der Waals surface area contributed by atoms with Crippen molar-refractivity contribution < 1.29 is 8.42 Å². The minimum Gasteiger partial charge on any atom is -0.264 e. The van der Waals surface area contributed by atoms with Gasteiger partial charge in [-0.2, -0.15) is 0 Å². The van der Waals surface area contributed by atoms with Gasteiger partial charge in [-0.1, -0.05) is 0 Å². The maximum absolute atomic E-state index is 11.8. The molecule has 1 saturated heterocycles. The number of aromatic nitrogens is 3. The summed E-state index contributed by atoms with van der Waals surface area (Å²) in [6.07, 6.45) is 9.79. The lowest BCUT2D eigenvalue weighted by Crippen LogP contribution is -2.38. The fourth-order valence-electron chi connectivity index (χ4n) is 2.84. The molecule has 116 valence electrons. The van der Waals surface area contributed by atoms with Gasteiger partial charge in [0.05, 0.1) is 17.6 Å². The van der Waals surface area contributed by atoms with Crippen LogP contribution in [0.25, 0.3) is 11.3 Å². The van der Waals surface area contributed by atoms with E-state index in [0.717, 1.165) is 29.8 Å². The molecule has 7 heteroatoms. The molecule has 0 aromatic carbocycles. The van der Waals surface area contributed by atoms with Gasteiger partial charge in [0, 0.05) is 49.4 Å². The quantitative estimate of drug-likeness (QED) is 0.860. The van der Waals surface area contributed by atoms with Crippen molar-refractivity contribution in [2.45, 2.75) is 18.8 Å². The Bertz CT molecular complexity index is 749. The molecule has 1 atom stereocenters. The van der Waals surface area contributed by atoms with Gasteiger partial charge < -0.3 is 0 Å². The zero-order valence-electron chi connectivity index (χ0n) is 12.4. The zero-order chi connectivity index (χ0) is 15.6. The molecule has 0 bridgehead atoms. The third-order valence-electron chi connectivity index (χ3n) is 3.90. The highest BCUT2D eigenvalue weighted by atomic mass is 32.2. The van der Waals surface area contributed by atoms with Crippen LogP contribution in [0.2, 0.25) is 0 Å². The molecule has 22 heavy (non-hydrogen) atoms. The highest BCUT2D eigenvalue weighted by Gasteiger charge is 2.29. The van der Waals surface area contributed by atoms with Gasteiger partial charge in [-0.25, -0.2) is 12.7 Å². The van der Waals surface area contributed by atoms with Crippen molar-refractivity contribution in [1.82, 2.24) is 19.3 Å². The van der Waals surface area contributed by atoms with Crippen LogP contribution in [0.1, 0.15) is 24.5 Å². The fourth-order valence-corrected chi connectivity index (χ4v) is 3.75. The Kier molecular flexibility index (Phi) is 4.17. The van der Waals surface area contributed by atoms with Crippen LogP contribution in [-0.4, -0.2) is 47.0 Å². The van der Waals surface area contributed by atoms with E-state index in [4.69, 9.17) is 0 Å². The Morgan fingerprint density at radius 2 is 2.05 bits per heavy atom. The van der Waals surface area contributed by atoms with Crippen LogP contribution in [0.3, 0.4) is 0 Å². The molecule has 0 spiro atoms. The molecular weight excluding hydrogens is 300 g/mol. The van der Waals surface area contributed by atoms with E-state index in [1.165, 1.54) is 10.6 Å². The topological polar surface area (TPSA) is 76.1 Å². The molecule has 0 radical (unpaired) electrons. The molecular formula is C15H18N4O2S. The first-order valence-electron chi connectivity index (χ1n) is 7.22. The summed E-state index contributed by atoms with van der Waals surface area (Å²) in [6.45, 7) is 1.04. The number of hydrogen-bond donors (Lipinski definition) is 0. The number of pyridine rings is 1. The first-order valence-corrected chi connectivity index (χ1v) is 9.07. The molecule has 2 aromatic rings. The van der Waals surface area contributed by atoms with Crippen LogP contribution in [0.4, 0.5) is 0 Å². The van der Waals surface area contributed by atoms with E-state index in [2.05, 4.69) is 15.0 Å². The highest BCUT2D eigenvalue weighted by Crippen LogP contribution is 2.32. The molecule has 3 heterocycles. The maximum Gasteiger partial charge on any atom is 0.211 e. The van der Waals surface area contributed by atoms with Crippen LogP contribution < -0.4 is 0 Å². The Hall–Kier alpha value is -1.86. The molecule has 1 fully saturated rings. The molecule has 2 aromatic heterocycles. The maximum atomic E-state index is 11.8. The van der Waals surface area contributed by atoms with Gasteiger partial charge in [0.25, 0.3) is 0 Å². The second-order valence-electron chi connectivity index (χ2n) is 5.49. The summed E-state index contributed by atoms with van der Waals surface area (Å²) in [6, 6.07) is 3.80. The van der Waals surface area contributed by atoms with Gasteiger partial charge in [0.2, 0.25) is 10.0 Å². The Morgan fingerprint density at radius 3 is 2.77 bits per heavy atom. The number of rotatable bonds is 3. The van der Waals surface area contributed by atoms with Gasteiger partial charge in [-0.05, 0) is 25.0 Å². The van der Waals surface area contributed by atoms with Crippen LogP contribution in [0.15, 0.2) is 36.9 Å². The van der Waals surface area contributed by atoms with Gasteiger partial charge in [-0.15, -0.1) is 0 Å². The molecule has 1 aliphatic rings. The van der Waals surface area contributed by atoms with Crippen molar-refractivity contribution in [3.05, 3.63) is 42.6 Å². The molecule has 0 saturated carbocycles. The second-order valence-corrected chi connectivity index (χ2v) is 7.47. The van der Waals surface area contributed by atoms with Crippen LogP contribution >= 0.6 is 0 Å². The SMILES string of the molecule is CS(=O)(=O)N1CCCC(c2nccnc2-c2cccnc2)C1.